The lowest BCUT2D eigenvalue weighted by atomic mass is 9.90. The Morgan fingerprint density at radius 3 is 2.85 bits per heavy atom. The molecule has 5 aromatic rings. The lowest BCUT2D eigenvalue weighted by molar-refractivity contribution is 0.0834. The van der Waals surface area contributed by atoms with E-state index in [0.29, 0.717) is 63.8 Å². The van der Waals surface area contributed by atoms with Crippen LogP contribution in [0.25, 0.3) is 32.9 Å². The number of hydrogen-bond donors (Lipinski definition) is 2. The first-order valence-corrected chi connectivity index (χ1v) is 17.0. The smallest absolute Gasteiger partial charge is 0.319 e. The van der Waals surface area contributed by atoms with Gasteiger partial charge in [0.15, 0.2) is 5.82 Å². The molecule has 0 amide bonds. The summed E-state index contributed by atoms with van der Waals surface area (Å²) in [6.45, 7) is 3.92. The predicted molar refractivity (Wildman–Crippen MR) is 179 cm³/mol. The van der Waals surface area contributed by atoms with Crippen LogP contribution in [0.15, 0.2) is 48.8 Å². The number of terminal acetylenes is 1. The van der Waals surface area contributed by atoms with Gasteiger partial charge in [0.1, 0.15) is 29.4 Å². The zero-order valence-corrected chi connectivity index (χ0v) is 26.4. The van der Waals surface area contributed by atoms with Crippen molar-refractivity contribution < 1.29 is 14.2 Å². The van der Waals surface area contributed by atoms with Gasteiger partial charge in [0.05, 0.1) is 22.7 Å². The highest BCUT2D eigenvalue weighted by atomic mass is 19.1. The average Bonchev–Trinajstić information content (AvgIpc) is 3.90. The first kappa shape index (κ1) is 28.2. The molecule has 5 unspecified atom stereocenters. The van der Waals surface area contributed by atoms with Crippen LogP contribution in [0.2, 0.25) is 0 Å². The summed E-state index contributed by atoms with van der Waals surface area (Å²) in [4.78, 5) is 19.2. The third-order valence-electron chi connectivity index (χ3n) is 11.5. The quantitative estimate of drug-likeness (QED) is 0.262. The third kappa shape index (κ3) is 4.12. The number of phenols is 1. The number of benzene rings is 2. The highest BCUT2D eigenvalue weighted by Gasteiger charge is 2.57. The maximum Gasteiger partial charge on any atom is 0.319 e. The minimum absolute atomic E-state index is 0.00131. The average molecular weight is 643 g/mol. The van der Waals surface area contributed by atoms with Crippen LogP contribution >= 0.6 is 0 Å². The molecule has 2 aromatic carbocycles. The van der Waals surface area contributed by atoms with Crippen LogP contribution in [-0.4, -0.2) is 78.6 Å². The highest BCUT2D eigenvalue weighted by Crippen LogP contribution is 2.55. The van der Waals surface area contributed by atoms with E-state index in [2.05, 4.69) is 41.9 Å². The Hall–Kier alpha value is -4.79. The molecule has 5 atom stereocenters. The van der Waals surface area contributed by atoms with Crippen molar-refractivity contribution in [2.75, 3.05) is 31.1 Å². The second-order valence-electron chi connectivity index (χ2n) is 14.3. The van der Waals surface area contributed by atoms with E-state index in [1.165, 1.54) is 11.8 Å². The minimum atomic E-state index is -0.595. The molecule has 3 aromatic heterocycles. The van der Waals surface area contributed by atoms with Crippen molar-refractivity contribution >= 4 is 27.5 Å². The standard InChI is InChI=1S/C37H35FN8O2/c1-2-21-5-3-6-22-13-26(47)14-27(30(21)22)32-31(38)33-28(16-39-32)35(44-18-24-7-8-25(19-44)41-24)43-36(42-33)48-20-37-10-4-12-45(37)34-23(15-37)17-46-29(34)9-11-40-46/h1,3,5-6,9,11,13-14,16,23-25,34,41,47H,4,7-8,10,12,15,17-20H2. The van der Waals surface area contributed by atoms with Crippen LogP contribution < -0.4 is 15.0 Å². The Morgan fingerprint density at radius 2 is 2.00 bits per heavy atom. The van der Waals surface area contributed by atoms with E-state index in [9.17, 15) is 5.11 Å². The molecular formula is C37H35FN8O2. The summed E-state index contributed by atoms with van der Waals surface area (Å²) < 4.78 is 25.7. The van der Waals surface area contributed by atoms with Crippen LogP contribution in [-0.2, 0) is 6.54 Å². The van der Waals surface area contributed by atoms with Crippen molar-refractivity contribution in [3.05, 3.63) is 65.9 Å². The molecule has 5 aliphatic rings. The third-order valence-corrected chi connectivity index (χ3v) is 11.5. The number of aromatic nitrogens is 5. The molecule has 8 heterocycles. The number of ether oxygens (including phenoxy) is 1. The molecule has 0 radical (unpaired) electrons. The van der Waals surface area contributed by atoms with E-state index in [0.717, 1.165) is 58.3 Å². The number of aromatic hydroxyl groups is 1. The van der Waals surface area contributed by atoms with Gasteiger partial charge in [-0.3, -0.25) is 14.6 Å². The Bertz CT molecular complexity index is 2170. The zero-order chi connectivity index (χ0) is 32.1. The van der Waals surface area contributed by atoms with Gasteiger partial charge in [0.25, 0.3) is 0 Å². The lowest BCUT2D eigenvalue weighted by Crippen LogP contribution is -2.51. The molecule has 11 heteroatoms. The van der Waals surface area contributed by atoms with Gasteiger partial charge >= 0.3 is 6.01 Å². The van der Waals surface area contributed by atoms with Crippen molar-refractivity contribution in [2.45, 2.75) is 62.3 Å². The molecule has 0 aliphatic carbocycles. The fourth-order valence-corrected chi connectivity index (χ4v) is 9.62. The Balaban J connectivity index is 1.08. The molecule has 10 rings (SSSR count). The molecule has 5 aliphatic heterocycles. The lowest BCUT2D eigenvalue weighted by Gasteiger charge is -2.35. The summed E-state index contributed by atoms with van der Waals surface area (Å²) in [6.07, 6.45) is 14.8. The second-order valence-corrected chi connectivity index (χ2v) is 14.3. The van der Waals surface area contributed by atoms with E-state index in [1.807, 2.05) is 24.4 Å². The van der Waals surface area contributed by atoms with Gasteiger partial charge in [-0.05, 0) is 68.3 Å². The molecular weight excluding hydrogens is 607 g/mol. The van der Waals surface area contributed by atoms with E-state index in [-0.39, 0.29) is 28.5 Å². The maximum absolute atomic E-state index is 17.0. The van der Waals surface area contributed by atoms with Crippen LogP contribution in [0.3, 0.4) is 0 Å². The summed E-state index contributed by atoms with van der Waals surface area (Å²) in [5.41, 5.74) is 2.40. The number of nitrogens with one attached hydrogen (secondary N) is 1. The van der Waals surface area contributed by atoms with Crippen LogP contribution in [0.1, 0.15) is 49.4 Å². The van der Waals surface area contributed by atoms with E-state index in [4.69, 9.17) is 21.1 Å². The molecule has 2 bridgehead atoms. The van der Waals surface area contributed by atoms with Gasteiger partial charge in [0.2, 0.25) is 0 Å². The number of hydrogen-bond acceptors (Lipinski definition) is 9. The number of nitrogens with zero attached hydrogens (tertiary/aromatic N) is 7. The summed E-state index contributed by atoms with van der Waals surface area (Å²) in [7, 11) is 0. The number of rotatable bonds is 5. The number of halogens is 1. The number of anilines is 1. The van der Waals surface area contributed by atoms with Gasteiger partial charge in [-0.25, -0.2) is 4.39 Å². The van der Waals surface area contributed by atoms with Crippen LogP contribution in [0, 0.1) is 24.1 Å². The first-order valence-electron chi connectivity index (χ1n) is 17.0. The summed E-state index contributed by atoms with van der Waals surface area (Å²) >= 11 is 0. The molecule has 4 saturated heterocycles. The van der Waals surface area contributed by atoms with Crippen LogP contribution in [0.4, 0.5) is 10.2 Å². The Labute approximate surface area is 276 Å². The summed E-state index contributed by atoms with van der Waals surface area (Å²) in [5, 5.41) is 20.8. The second kappa shape index (κ2) is 10.4. The molecule has 2 N–H and O–H groups in total. The van der Waals surface area contributed by atoms with Crippen molar-refractivity contribution in [2.24, 2.45) is 5.92 Å². The fraction of sp³-hybridized carbons (Fsp3) is 0.405. The van der Waals surface area contributed by atoms with Gasteiger partial charge in [0, 0.05) is 66.5 Å². The maximum atomic E-state index is 17.0. The molecule has 4 fully saturated rings. The largest absolute Gasteiger partial charge is 0.508 e. The van der Waals surface area contributed by atoms with Crippen molar-refractivity contribution in [1.82, 2.24) is 34.9 Å². The summed E-state index contributed by atoms with van der Waals surface area (Å²) in [6, 6.07) is 12.0. The predicted octanol–water partition coefficient (Wildman–Crippen LogP) is 4.80. The van der Waals surface area contributed by atoms with Gasteiger partial charge in [-0.2, -0.15) is 15.1 Å². The van der Waals surface area contributed by atoms with Gasteiger partial charge in [-0.15, -0.1) is 6.42 Å². The molecule has 242 valence electrons. The van der Waals surface area contributed by atoms with Crippen molar-refractivity contribution in [3.8, 4) is 35.4 Å². The Kier molecular flexibility index (Phi) is 6.09. The number of phenolic OH excluding ortho intramolecular Hbond substituents is 1. The van der Waals surface area contributed by atoms with Gasteiger partial charge in [-0.1, -0.05) is 18.1 Å². The van der Waals surface area contributed by atoms with Gasteiger partial charge < -0.3 is 20.1 Å². The van der Waals surface area contributed by atoms with Crippen molar-refractivity contribution in [3.63, 3.8) is 0 Å². The number of piperazine rings is 1. The zero-order valence-electron chi connectivity index (χ0n) is 26.4. The normalized spacial score (nSPS) is 27.4. The molecule has 0 saturated carbocycles. The Morgan fingerprint density at radius 1 is 1.12 bits per heavy atom. The van der Waals surface area contributed by atoms with E-state index in [1.54, 1.807) is 12.3 Å². The molecule has 48 heavy (non-hydrogen) atoms. The minimum Gasteiger partial charge on any atom is -0.508 e. The van der Waals surface area contributed by atoms with E-state index >= 15 is 4.39 Å². The summed E-state index contributed by atoms with van der Waals surface area (Å²) in [5.74, 6) is 3.26. The van der Waals surface area contributed by atoms with Crippen LogP contribution in [0.5, 0.6) is 11.8 Å². The van der Waals surface area contributed by atoms with Crippen molar-refractivity contribution in [1.29, 1.82) is 0 Å². The highest BCUT2D eigenvalue weighted by molar-refractivity contribution is 6.02. The monoisotopic (exact) mass is 642 g/mol. The fourth-order valence-electron chi connectivity index (χ4n) is 9.62. The first-order chi connectivity index (χ1) is 23.5. The number of fused-ring (bicyclic) bond motifs is 9. The topological polar surface area (TPSA) is 104 Å². The number of pyridine rings is 1. The van der Waals surface area contributed by atoms with E-state index < -0.39 is 5.82 Å². The SMILES string of the molecule is C#Cc1cccc2cc(O)cc(-c3ncc4c(N5CC6CCC(C5)N6)nc(OCC56CCCN5C5c7ccnn7CC5C6)nc4c3F)c12. The molecule has 10 nitrogen and oxygen atoms in total. The molecule has 0 spiro atoms.